The largest absolute Gasteiger partial charge is 0.354 e. The van der Waals surface area contributed by atoms with Gasteiger partial charge in [0.25, 0.3) is 0 Å². The predicted molar refractivity (Wildman–Crippen MR) is 64.3 cm³/mol. The highest BCUT2D eigenvalue weighted by Crippen LogP contribution is 2.06. The molecule has 1 heterocycles. The SMILES string of the molecule is O=C1CCC(C(=O)NCCc2ccc(F)cc2)N1. The Bertz CT molecular complexity index is 445. The summed E-state index contributed by atoms with van der Waals surface area (Å²) in [6, 6.07) is 5.78. The van der Waals surface area contributed by atoms with Crippen molar-refractivity contribution in [2.45, 2.75) is 25.3 Å². The molecule has 0 bridgehead atoms. The molecule has 2 amide bonds. The van der Waals surface area contributed by atoms with E-state index in [2.05, 4.69) is 10.6 Å². The zero-order valence-electron chi connectivity index (χ0n) is 9.91. The lowest BCUT2D eigenvalue weighted by molar-refractivity contribution is -0.125. The molecule has 0 saturated carbocycles. The molecule has 0 spiro atoms. The van der Waals surface area contributed by atoms with E-state index in [0.29, 0.717) is 25.8 Å². The average molecular weight is 250 g/mol. The predicted octanol–water partition coefficient (Wildman–Crippen LogP) is 0.763. The smallest absolute Gasteiger partial charge is 0.242 e. The third-order valence-corrected chi connectivity index (χ3v) is 2.94. The molecule has 2 rings (SSSR count). The molecule has 1 aliphatic rings. The van der Waals surface area contributed by atoms with Gasteiger partial charge in [0, 0.05) is 13.0 Å². The van der Waals surface area contributed by atoms with Crippen LogP contribution in [0, 0.1) is 5.82 Å². The Hall–Kier alpha value is -1.91. The quantitative estimate of drug-likeness (QED) is 0.829. The van der Waals surface area contributed by atoms with E-state index in [1.807, 2.05) is 0 Å². The molecule has 1 fully saturated rings. The number of carbonyl (C=O) groups excluding carboxylic acids is 2. The molecule has 1 unspecified atom stereocenters. The molecule has 4 nitrogen and oxygen atoms in total. The van der Waals surface area contributed by atoms with Crippen molar-refractivity contribution >= 4 is 11.8 Å². The monoisotopic (exact) mass is 250 g/mol. The molecule has 0 aliphatic carbocycles. The summed E-state index contributed by atoms with van der Waals surface area (Å²) in [5.41, 5.74) is 0.965. The summed E-state index contributed by atoms with van der Waals surface area (Å²) >= 11 is 0. The zero-order chi connectivity index (χ0) is 13.0. The van der Waals surface area contributed by atoms with Gasteiger partial charge in [-0.2, -0.15) is 0 Å². The number of hydrogen-bond donors (Lipinski definition) is 2. The summed E-state index contributed by atoms with van der Waals surface area (Å²) < 4.78 is 12.7. The lowest BCUT2D eigenvalue weighted by Crippen LogP contribution is -2.42. The van der Waals surface area contributed by atoms with Crippen LogP contribution in [0.15, 0.2) is 24.3 Å². The van der Waals surface area contributed by atoms with E-state index in [9.17, 15) is 14.0 Å². The number of rotatable bonds is 4. The summed E-state index contributed by atoms with van der Waals surface area (Å²) in [5, 5.41) is 5.37. The van der Waals surface area contributed by atoms with Crippen LogP contribution in [-0.4, -0.2) is 24.4 Å². The van der Waals surface area contributed by atoms with E-state index >= 15 is 0 Å². The molecule has 1 atom stereocenters. The molecule has 1 saturated heterocycles. The van der Waals surface area contributed by atoms with Crippen LogP contribution in [0.1, 0.15) is 18.4 Å². The van der Waals surface area contributed by atoms with Gasteiger partial charge in [0.05, 0.1) is 0 Å². The maximum absolute atomic E-state index is 12.7. The molecule has 96 valence electrons. The summed E-state index contributed by atoms with van der Waals surface area (Å²) in [6.07, 6.45) is 1.62. The molecular formula is C13H15FN2O2. The molecule has 0 aromatic heterocycles. The van der Waals surface area contributed by atoms with Gasteiger partial charge in [-0.15, -0.1) is 0 Å². The van der Waals surface area contributed by atoms with Gasteiger partial charge in [0.1, 0.15) is 11.9 Å². The number of benzene rings is 1. The van der Waals surface area contributed by atoms with Crippen molar-refractivity contribution in [3.05, 3.63) is 35.6 Å². The Balaban J connectivity index is 1.73. The second-order valence-corrected chi connectivity index (χ2v) is 4.33. The molecule has 5 heteroatoms. The third-order valence-electron chi connectivity index (χ3n) is 2.94. The first-order valence-corrected chi connectivity index (χ1v) is 5.96. The highest BCUT2D eigenvalue weighted by Gasteiger charge is 2.26. The fourth-order valence-electron chi connectivity index (χ4n) is 1.92. The number of halogens is 1. The van der Waals surface area contributed by atoms with Crippen LogP contribution in [0.4, 0.5) is 4.39 Å². The van der Waals surface area contributed by atoms with Crippen molar-refractivity contribution in [2.24, 2.45) is 0 Å². The third kappa shape index (κ3) is 3.29. The van der Waals surface area contributed by atoms with Crippen LogP contribution in [0.3, 0.4) is 0 Å². The van der Waals surface area contributed by atoms with Gasteiger partial charge in [-0.3, -0.25) is 9.59 Å². The van der Waals surface area contributed by atoms with Crippen LogP contribution < -0.4 is 10.6 Å². The maximum Gasteiger partial charge on any atom is 0.242 e. The molecule has 1 aliphatic heterocycles. The molecular weight excluding hydrogens is 235 g/mol. The van der Waals surface area contributed by atoms with Crippen LogP contribution in [0.5, 0.6) is 0 Å². The van der Waals surface area contributed by atoms with E-state index in [1.165, 1.54) is 12.1 Å². The number of amides is 2. The Morgan fingerprint density at radius 1 is 1.39 bits per heavy atom. The van der Waals surface area contributed by atoms with E-state index in [1.54, 1.807) is 12.1 Å². The van der Waals surface area contributed by atoms with E-state index in [-0.39, 0.29) is 17.6 Å². The van der Waals surface area contributed by atoms with Gasteiger partial charge < -0.3 is 10.6 Å². The minimum atomic E-state index is -0.397. The Morgan fingerprint density at radius 3 is 2.72 bits per heavy atom. The molecule has 18 heavy (non-hydrogen) atoms. The average Bonchev–Trinajstić information content (AvgIpc) is 2.78. The van der Waals surface area contributed by atoms with Crippen molar-refractivity contribution in [3.8, 4) is 0 Å². The maximum atomic E-state index is 12.7. The van der Waals surface area contributed by atoms with Crippen LogP contribution in [0.25, 0.3) is 0 Å². The lowest BCUT2D eigenvalue weighted by atomic mass is 10.1. The lowest BCUT2D eigenvalue weighted by Gasteiger charge is -2.10. The Labute approximate surface area is 105 Å². The molecule has 2 N–H and O–H groups in total. The standard InChI is InChI=1S/C13H15FN2O2/c14-10-3-1-9(2-4-10)7-8-15-13(18)11-5-6-12(17)16-11/h1-4,11H,5-8H2,(H,15,18)(H,16,17). The zero-order valence-corrected chi connectivity index (χ0v) is 9.91. The van der Waals surface area contributed by atoms with Gasteiger partial charge in [-0.1, -0.05) is 12.1 Å². The van der Waals surface area contributed by atoms with Crippen LogP contribution in [0.2, 0.25) is 0 Å². The fourth-order valence-corrected chi connectivity index (χ4v) is 1.92. The van der Waals surface area contributed by atoms with Crippen molar-refractivity contribution in [1.29, 1.82) is 0 Å². The van der Waals surface area contributed by atoms with Crippen LogP contribution in [-0.2, 0) is 16.0 Å². The normalized spacial score (nSPS) is 18.5. The van der Waals surface area contributed by atoms with Gasteiger partial charge in [0.2, 0.25) is 11.8 Å². The summed E-state index contributed by atoms with van der Waals surface area (Å²) in [5.74, 6) is -0.493. The highest BCUT2D eigenvalue weighted by molar-refractivity contribution is 5.90. The number of nitrogens with one attached hydrogen (secondary N) is 2. The first-order chi connectivity index (χ1) is 8.65. The van der Waals surface area contributed by atoms with Crippen molar-refractivity contribution in [3.63, 3.8) is 0 Å². The highest BCUT2D eigenvalue weighted by atomic mass is 19.1. The Kier molecular flexibility index (Phi) is 3.92. The molecule has 1 aromatic carbocycles. The minimum Gasteiger partial charge on any atom is -0.354 e. The van der Waals surface area contributed by atoms with Gasteiger partial charge in [0.15, 0.2) is 0 Å². The van der Waals surface area contributed by atoms with Crippen molar-refractivity contribution < 1.29 is 14.0 Å². The summed E-state index contributed by atoms with van der Waals surface area (Å²) in [4.78, 5) is 22.6. The fraction of sp³-hybridized carbons (Fsp3) is 0.385. The number of hydrogen-bond acceptors (Lipinski definition) is 2. The molecule has 1 aromatic rings. The van der Waals surface area contributed by atoms with Gasteiger partial charge >= 0.3 is 0 Å². The van der Waals surface area contributed by atoms with Gasteiger partial charge in [-0.25, -0.2) is 4.39 Å². The minimum absolute atomic E-state index is 0.0753. The van der Waals surface area contributed by atoms with Crippen LogP contribution >= 0.6 is 0 Å². The van der Waals surface area contributed by atoms with E-state index in [4.69, 9.17) is 0 Å². The first kappa shape index (κ1) is 12.5. The summed E-state index contributed by atoms with van der Waals surface area (Å²) in [6.45, 7) is 0.483. The van der Waals surface area contributed by atoms with E-state index in [0.717, 1.165) is 5.56 Å². The van der Waals surface area contributed by atoms with Crippen molar-refractivity contribution in [1.82, 2.24) is 10.6 Å². The van der Waals surface area contributed by atoms with Gasteiger partial charge in [-0.05, 0) is 30.5 Å². The number of carbonyl (C=O) groups is 2. The molecule has 0 radical (unpaired) electrons. The first-order valence-electron chi connectivity index (χ1n) is 5.96. The van der Waals surface area contributed by atoms with E-state index < -0.39 is 6.04 Å². The topological polar surface area (TPSA) is 58.2 Å². The Morgan fingerprint density at radius 2 is 2.11 bits per heavy atom. The van der Waals surface area contributed by atoms with Crippen molar-refractivity contribution in [2.75, 3.05) is 6.54 Å². The summed E-state index contributed by atoms with van der Waals surface area (Å²) in [7, 11) is 0. The second kappa shape index (κ2) is 5.62. The second-order valence-electron chi connectivity index (χ2n) is 4.33.